The maximum atomic E-state index is 12.1. The largest absolute Gasteiger partial charge is 0.384 e. The molecule has 0 saturated carbocycles. The molecule has 0 aliphatic heterocycles. The number of hydrogen-bond acceptors (Lipinski definition) is 3. The first-order valence-corrected chi connectivity index (χ1v) is 6.30. The summed E-state index contributed by atoms with van der Waals surface area (Å²) in [7, 11) is 1.58. The van der Waals surface area contributed by atoms with Gasteiger partial charge >= 0.3 is 0 Å². The van der Waals surface area contributed by atoms with Crippen LogP contribution in [0.1, 0.15) is 22.8 Å². The molecule has 5 heteroatoms. The molecule has 0 aliphatic carbocycles. The van der Waals surface area contributed by atoms with Crippen molar-refractivity contribution in [3.63, 3.8) is 0 Å². The van der Waals surface area contributed by atoms with Crippen LogP contribution in [-0.4, -0.2) is 48.6 Å². The molecule has 2 N–H and O–H groups in total. The van der Waals surface area contributed by atoms with Gasteiger partial charge in [-0.3, -0.25) is 9.59 Å². The molecule has 0 radical (unpaired) electrons. The molecule has 0 fully saturated rings. The number of nitrogens with one attached hydrogen (secondary N) is 1. The van der Waals surface area contributed by atoms with E-state index in [0.29, 0.717) is 12.1 Å². The van der Waals surface area contributed by atoms with E-state index >= 15 is 0 Å². The van der Waals surface area contributed by atoms with Gasteiger partial charge in [0.25, 0.3) is 5.91 Å². The average molecular weight is 274 g/mol. The topological polar surface area (TPSA) is 69.6 Å². The third-order valence-corrected chi connectivity index (χ3v) is 2.55. The second kappa shape index (κ2) is 7.97. The minimum Gasteiger partial charge on any atom is -0.384 e. The van der Waals surface area contributed by atoms with Crippen molar-refractivity contribution < 1.29 is 14.7 Å². The van der Waals surface area contributed by atoms with Gasteiger partial charge in [-0.15, -0.1) is 0 Å². The van der Waals surface area contributed by atoms with Crippen molar-refractivity contribution >= 4 is 11.8 Å². The van der Waals surface area contributed by atoms with Crippen LogP contribution in [0.25, 0.3) is 0 Å². The lowest BCUT2D eigenvalue weighted by molar-refractivity contribution is -0.121. The summed E-state index contributed by atoms with van der Waals surface area (Å²) in [5, 5.41) is 11.2. The van der Waals surface area contributed by atoms with Crippen LogP contribution in [0.2, 0.25) is 0 Å². The number of aliphatic hydroxyl groups is 1. The predicted octanol–water partition coefficient (Wildman–Crippen LogP) is 0.238. The molecular weight excluding hydrogens is 256 g/mol. The highest BCUT2D eigenvalue weighted by Crippen LogP contribution is 2.06. The van der Waals surface area contributed by atoms with Gasteiger partial charge in [0.15, 0.2) is 0 Å². The zero-order chi connectivity index (χ0) is 15.0. The Kier molecular flexibility index (Phi) is 6.27. The van der Waals surface area contributed by atoms with Crippen LogP contribution in [0.3, 0.4) is 0 Å². The number of benzene rings is 1. The summed E-state index contributed by atoms with van der Waals surface area (Å²) in [6, 6.07) is 6.71. The van der Waals surface area contributed by atoms with E-state index < -0.39 is 0 Å². The monoisotopic (exact) mass is 274 g/mol. The Morgan fingerprint density at radius 1 is 1.30 bits per heavy atom. The molecule has 0 atom stereocenters. The van der Waals surface area contributed by atoms with Gasteiger partial charge in [0.05, 0.1) is 6.54 Å². The number of amides is 2. The Bertz CT molecular complexity index is 526. The van der Waals surface area contributed by atoms with Crippen LogP contribution >= 0.6 is 0 Å². The third-order valence-electron chi connectivity index (χ3n) is 2.55. The molecule has 0 aromatic heterocycles. The van der Waals surface area contributed by atoms with Crippen molar-refractivity contribution in [3.8, 4) is 11.8 Å². The minimum atomic E-state index is -0.224. The molecule has 1 rings (SSSR count). The maximum Gasteiger partial charge on any atom is 0.254 e. The molecule has 0 heterocycles. The van der Waals surface area contributed by atoms with Crippen molar-refractivity contribution in [3.05, 3.63) is 35.4 Å². The fourth-order valence-electron chi connectivity index (χ4n) is 1.60. The first-order chi connectivity index (χ1) is 9.58. The molecule has 5 nitrogen and oxygen atoms in total. The van der Waals surface area contributed by atoms with E-state index in [1.807, 2.05) is 6.92 Å². The summed E-state index contributed by atoms with van der Waals surface area (Å²) in [6.45, 7) is 2.19. The Morgan fingerprint density at radius 3 is 2.50 bits per heavy atom. The quantitative estimate of drug-likeness (QED) is 0.773. The van der Waals surface area contributed by atoms with Crippen molar-refractivity contribution in [2.45, 2.75) is 6.92 Å². The first-order valence-electron chi connectivity index (χ1n) is 6.30. The molecule has 0 unspecified atom stereocenters. The van der Waals surface area contributed by atoms with Crippen LogP contribution in [0, 0.1) is 11.8 Å². The maximum absolute atomic E-state index is 12.1. The van der Waals surface area contributed by atoms with E-state index in [4.69, 9.17) is 5.11 Å². The van der Waals surface area contributed by atoms with Crippen molar-refractivity contribution in [1.29, 1.82) is 0 Å². The number of hydrogen-bond donors (Lipinski definition) is 2. The highest BCUT2D eigenvalue weighted by molar-refractivity contribution is 5.96. The average Bonchev–Trinajstić information content (AvgIpc) is 2.45. The van der Waals surface area contributed by atoms with Crippen molar-refractivity contribution in [2.24, 2.45) is 0 Å². The Labute approximate surface area is 118 Å². The highest BCUT2D eigenvalue weighted by atomic mass is 16.2. The minimum absolute atomic E-state index is 0.0265. The van der Waals surface area contributed by atoms with Gasteiger partial charge in [0.1, 0.15) is 6.61 Å². The molecule has 2 amide bonds. The van der Waals surface area contributed by atoms with Gasteiger partial charge < -0.3 is 15.3 Å². The number of carbonyl (C=O) groups excluding carboxylic acids is 2. The lowest BCUT2D eigenvalue weighted by Gasteiger charge is -2.16. The molecule has 20 heavy (non-hydrogen) atoms. The Morgan fingerprint density at radius 2 is 1.95 bits per heavy atom. The van der Waals surface area contributed by atoms with E-state index in [1.54, 1.807) is 31.3 Å². The fraction of sp³-hybridized carbons (Fsp3) is 0.333. The van der Waals surface area contributed by atoms with E-state index in [2.05, 4.69) is 17.2 Å². The van der Waals surface area contributed by atoms with E-state index in [0.717, 1.165) is 5.56 Å². The number of aliphatic hydroxyl groups excluding tert-OH is 1. The van der Waals surface area contributed by atoms with Crippen LogP contribution in [0.5, 0.6) is 0 Å². The molecular formula is C15H18N2O3. The molecule has 0 spiro atoms. The molecule has 0 bridgehead atoms. The summed E-state index contributed by atoms with van der Waals surface area (Å²) in [5.74, 6) is 4.87. The molecule has 106 valence electrons. The van der Waals surface area contributed by atoms with Crippen molar-refractivity contribution in [2.75, 3.05) is 26.7 Å². The third kappa shape index (κ3) is 4.75. The van der Waals surface area contributed by atoms with Crippen LogP contribution < -0.4 is 5.32 Å². The lowest BCUT2D eigenvalue weighted by Crippen LogP contribution is -2.38. The van der Waals surface area contributed by atoms with Gasteiger partial charge in [-0.2, -0.15) is 0 Å². The lowest BCUT2D eigenvalue weighted by atomic mass is 10.1. The van der Waals surface area contributed by atoms with Gasteiger partial charge in [-0.1, -0.05) is 11.8 Å². The second-order valence-corrected chi connectivity index (χ2v) is 4.15. The standard InChI is InChI=1S/C15H18N2O3/c1-3-16-14(19)11-17(2)15(20)13-8-6-12(7-9-13)5-4-10-18/h6-9,18H,3,10-11H2,1-2H3,(H,16,19). The smallest absolute Gasteiger partial charge is 0.254 e. The molecule has 1 aromatic rings. The zero-order valence-electron chi connectivity index (χ0n) is 11.6. The zero-order valence-corrected chi connectivity index (χ0v) is 11.6. The summed E-state index contributed by atoms with van der Waals surface area (Å²) in [4.78, 5) is 24.9. The van der Waals surface area contributed by atoms with E-state index in [9.17, 15) is 9.59 Å². The Balaban J connectivity index is 2.69. The fourth-order valence-corrected chi connectivity index (χ4v) is 1.60. The first kappa shape index (κ1) is 15.7. The summed E-state index contributed by atoms with van der Waals surface area (Å²) in [6.07, 6.45) is 0. The summed E-state index contributed by atoms with van der Waals surface area (Å²) < 4.78 is 0. The van der Waals surface area contributed by atoms with Crippen LogP contribution in [0.4, 0.5) is 0 Å². The second-order valence-electron chi connectivity index (χ2n) is 4.15. The number of carbonyl (C=O) groups is 2. The molecule has 0 saturated heterocycles. The summed E-state index contributed by atoms with van der Waals surface area (Å²) in [5.41, 5.74) is 1.22. The SMILES string of the molecule is CCNC(=O)CN(C)C(=O)c1ccc(C#CCO)cc1. The van der Waals surface area contributed by atoms with Crippen LogP contribution in [-0.2, 0) is 4.79 Å². The van der Waals surface area contributed by atoms with Crippen molar-refractivity contribution in [1.82, 2.24) is 10.2 Å². The van der Waals surface area contributed by atoms with Gasteiger partial charge in [0, 0.05) is 24.7 Å². The number of rotatable bonds is 4. The Hall–Kier alpha value is -2.32. The van der Waals surface area contributed by atoms with Gasteiger partial charge in [-0.25, -0.2) is 0 Å². The predicted molar refractivity (Wildman–Crippen MR) is 76.1 cm³/mol. The van der Waals surface area contributed by atoms with E-state index in [-0.39, 0.29) is 25.0 Å². The van der Waals surface area contributed by atoms with E-state index in [1.165, 1.54) is 4.90 Å². The van der Waals surface area contributed by atoms with Gasteiger partial charge in [0.2, 0.25) is 5.91 Å². The normalized spacial score (nSPS) is 9.35. The molecule has 1 aromatic carbocycles. The van der Waals surface area contributed by atoms with Crippen LogP contribution in [0.15, 0.2) is 24.3 Å². The number of nitrogens with zero attached hydrogens (tertiary/aromatic N) is 1. The molecule has 0 aliphatic rings. The highest BCUT2D eigenvalue weighted by Gasteiger charge is 2.14. The summed E-state index contributed by atoms with van der Waals surface area (Å²) >= 11 is 0. The number of likely N-dealkylation sites (N-methyl/N-ethyl adjacent to an activating group) is 2. The van der Waals surface area contributed by atoms with Gasteiger partial charge in [-0.05, 0) is 31.2 Å².